The molecule has 0 aromatic heterocycles. The van der Waals surface area contributed by atoms with Crippen LogP contribution in [-0.4, -0.2) is 23.9 Å². The number of hydrogen-bond donors (Lipinski definition) is 2. The zero-order valence-corrected chi connectivity index (χ0v) is 15.0. The number of Topliss-reactive ketones (excluding diaryl/α,β-unsaturated/α-hetero) is 1. The van der Waals surface area contributed by atoms with Gasteiger partial charge < -0.3 is 15.2 Å². The zero-order valence-electron chi connectivity index (χ0n) is 15.0. The number of hydrogen-bond acceptors (Lipinski definition) is 4. The number of carbonyl (C=O) groups excluding carboxylic acids is 2. The monoisotopic (exact) mass is 335 g/mol. The lowest BCUT2D eigenvalue weighted by Crippen LogP contribution is -2.23. The van der Waals surface area contributed by atoms with Crippen molar-refractivity contribution in [2.75, 3.05) is 7.11 Å². The smallest absolute Gasteiger partial charge is 0.220 e. The Labute approximate surface area is 144 Å². The molecule has 0 bridgehead atoms. The van der Waals surface area contributed by atoms with Gasteiger partial charge in [0, 0.05) is 18.5 Å². The van der Waals surface area contributed by atoms with Gasteiger partial charge in [0.1, 0.15) is 0 Å². The molecule has 1 aromatic carbocycles. The summed E-state index contributed by atoms with van der Waals surface area (Å²) in [6, 6.07) is 2.98. The Kier molecular flexibility index (Phi) is 8.90. The first-order chi connectivity index (χ1) is 11.5. The molecule has 0 aliphatic heterocycles. The van der Waals surface area contributed by atoms with E-state index in [0.717, 1.165) is 12.8 Å². The van der Waals surface area contributed by atoms with Crippen molar-refractivity contribution in [3.63, 3.8) is 0 Å². The molecule has 0 saturated carbocycles. The van der Waals surface area contributed by atoms with Crippen LogP contribution in [0.3, 0.4) is 0 Å². The third-order valence-electron chi connectivity index (χ3n) is 4.02. The quantitative estimate of drug-likeness (QED) is 0.474. The van der Waals surface area contributed by atoms with Crippen LogP contribution in [0.1, 0.15) is 74.7 Å². The molecule has 5 nitrogen and oxygen atoms in total. The van der Waals surface area contributed by atoms with Crippen molar-refractivity contribution in [2.24, 2.45) is 0 Å². The Hall–Kier alpha value is -2.04. The Morgan fingerprint density at radius 1 is 1.12 bits per heavy atom. The maximum absolute atomic E-state index is 11.9. The van der Waals surface area contributed by atoms with E-state index >= 15 is 0 Å². The van der Waals surface area contributed by atoms with Crippen LogP contribution in [0.15, 0.2) is 12.1 Å². The van der Waals surface area contributed by atoms with E-state index in [4.69, 9.17) is 4.74 Å². The molecule has 1 amide bonds. The highest BCUT2D eigenvalue weighted by atomic mass is 16.5. The van der Waals surface area contributed by atoms with Gasteiger partial charge in [0.15, 0.2) is 17.3 Å². The van der Waals surface area contributed by atoms with Gasteiger partial charge in [0.25, 0.3) is 0 Å². The lowest BCUT2D eigenvalue weighted by molar-refractivity contribution is -0.121. The molecule has 134 valence electrons. The summed E-state index contributed by atoms with van der Waals surface area (Å²) in [4.78, 5) is 23.6. The Morgan fingerprint density at radius 3 is 2.42 bits per heavy atom. The molecule has 0 aliphatic carbocycles. The van der Waals surface area contributed by atoms with E-state index in [1.807, 2.05) is 0 Å². The van der Waals surface area contributed by atoms with Crippen LogP contribution >= 0.6 is 0 Å². The van der Waals surface area contributed by atoms with Gasteiger partial charge in [-0.25, -0.2) is 0 Å². The molecule has 0 radical (unpaired) electrons. The van der Waals surface area contributed by atoms with Crippen LogP contribution in [0, 0.1) is 0 Å². The summed E-state index contributed by atoms with van der Waals surface area (Å²) in [6.45, 7) is 3.87. The molecule has 0 unspecified atom stereocenters. The first kappa shape index (κ1) is 20.0. The van der Waals surface area contributed by atoms with Crippen LogP contribution in [0.25, 0.3) is 0 Å². The van der Waals surface area contributed by atoms with Gasteiger partial charge in [0.05, 0.1) is 7.11 Å². The average Bonchev–Trinajstić information content (AvgIpc) is 2.56. The maximum atomic E-state index is 11.9. The van der Waals surface area contributed by atoms with Crippen molar-refractivity contribution < 1.29 is 19.4 Å². The van der Waals surface area contributed by atoms with E-state index < -0.39 is 0 Å². The molecule has 0 heterocycles. The minimum Gasteiger partial charge on any atom is -0.504 e. The number of phenols is 1. The fourth-order valence-electron chi connectivity index (χ4n) is 2.60. The second-order valence-electron chi connectivity index (χ2n) is 6.03. The highest BCUT2D eigenvalue weighted by Crippen LogP contribution is 2.29. The third kappa shape index (κ3) is 6.60. The first-order valence-corrected chi connectivity index (χ1v) is 8.67. The van der Waals surface area contributed by atoms with E-state index in [1.165, 1.54) is 45.8 Å². The Morgan fingerprint density at radius 2 is 1.79 bits per heavy atom. The predicted octanol–water partition coefficient (Wildman–Crippen LogP) is 3.97. The first-order valence-electron chi connectivity index (χ1n) is 8.67. The number of rotatable bonds is 11. The molecule has 2 N–H and O–H groups in total. The number of aromatic hydroxyl groups is 1. The van der Waals surface area contributed by atoms with E-state index in [-0.39, 0.29) is 24.0 Å². The SMILES string of the molecule is CCCCCCCCC(=O)NCc1cc(OC)c(O)cc1C(C)=O. The fourth-order valence-corrected chi connectivity index (χ4v) is 2.60. The highest BCUT2D eigenvalue weighted by Gasteiger charge is 2.14. The number of ketones is 1. The summed E-state index contributed by atoms with van der Waals surface area (Å²) >= 11 is 0. The summed E-state index contributed by atoms with van der Waals surface area (Å²) in [5, 5.41) is 12.6. The number of nitrogens with one attached hydrogen (secondary N) is 1. The average molecular weight is 335 g/mol. The van der Waals surface area contributed by atoms with Gasteiger partial charge in [-0.3, -0.25) is 9.59 Å². The maximum Gasteiger partial charge on any atom is 0.220 e. The van der Waals surface area contributed by atoms with Gasteiger partial charge in [-0.15, -0.1) is 0 Å². The topological polar surface area (TPSA) is 75.6 Å². The van der Waals surface area contributed by atoms with Gasteiger partial charge in [-0.2, -0.15) is 0 Å². The minimum absolute atomic E-state index is 0.0213. The summed E-state index contributed by atoms with van der Waals surface area (Å²) < 4.78 is 5.06. The number of unbranched alkanes of at least 4 members (excludes halogenated alkanes) is 5. The standard InChI is InChI=1S/C19H29NO4/c1-4-5-6-7-8-9-10-19(23)20-13-15-11-18(24-3)17(22)12-16(15)14(2)21/h11-12,22H,4-10,13H2,1-3H3,(H,20,23). The molecule has 0 spiro atoms. The van der Waals surface area contributed by atoms with Crippen LogP contribution in [-0.2, 0) is 11.3 Å². The van der Waals surface area contributed by atoms with Gasteiger partial charge in [0.2, 0.25) is 5.91 Å². The summed E-state index contributed by atoms with van der Waals surface area (Å²) in [6.07, 6.45) is 7.32. The summed E-state index contributed by atoms with van der Waals surface area (Å²) in [5.74, 6) is 0.0326. The lowest BCUT2D eigenvalue weighted by atomic mass is 10.0. The van der Waals surface area contributed by atoms with Crippen molar-refractivity contribution in [1.82, 2.24) is 5.32 Å². The molecule has 1 rings (SSSR count). The van der Waals surface area contributed by atoms with E-state index in [0.29, 0.717) is 23.3 Å². The Balaban J connectivity index is 2.51. The predicted molar refractivity (Wildman–Crippen MR) is 94.5 cm³/mol. The fraction of sp³-hybridized carbons (Fsp3) is 0.579. The van der Waals surface area contributed by atoms with Crippen molar-refractivity contribution in [1.29, 1.82) is 0 Å². The van der Waals surface area contributed by atoms with Gasteiger partial charge >= 0.3 is 0 Å². The summed E-state index contributed by atoms with van der Waals surface area (Å²) in [7, 11) is 1.45. The zero-order chi connectivity index (χ0) is 17.9. The molecule has 0 fully saturated rings. The lowest BCUT2D eigenvalue weighted by Gasteiger charge is -2.12. The van der Waals surface area contributed by atoms with Crippen molar-refractivity contribution in [3.05, 3.63) is 23.3 Å². The molecule has 5 heteroatoms. The number of phenolic OH excluding ortho intramolecular Hbond substituents is 1. The van der Waals surface area contributed by atoms with Crippen molar-refractivity contribution in [2.45, 2.75) is 65.3 Å². The van der Waals surface area contributed by atoms with Crippen LogP contribution in [0.5, 0.6) is 11.5 Å². The third-order valence-corrected chi connectivity index (χ3v) is 4.02. The minimum atomic E-state index is -0.159. The second-order valence-corrected chi connectivity index (χ2v) is 6.03. The van der Waals surface area contributed by atoms with Gasteiger partial charge in [-0.05, 0) is 31.0 Å². The van der Waals surface area contributed by atoms with Crippen LogP contribution in [0.4, 0.5) is 0 Å². The largest absolute Gasteiger partial charge is 0.504 e. The number of amides is 1. The second kappa shape index (κ2) is 10.7. The van der Waals surface area contributed by atoms with E-state index in [9.17, 15) is 14.7 Å². The summed E-state index contributed by atoms with van der Waals surface area (Å²) in [5.41, 5.74) is 1.04. The van der Waals surface area contributed by atoms with Crippen LogP contribution < -0.4 is 10.1 Å². The number of benzene rings is 1. The van der Waals surface area contributed by atoms with Crippen molar-refractivity contribution in [3.8, 4) is 11.5 Å². The number of carbonyl (C=O) groups is 2. The van der Waals surface area contributed by atoms with Crippen molar-refractivity contribution >= 4 is 11.7 Å². The molecule has 0 aliphatic rings. The molecule has 24 heavy (non-hydrogen) atoms. The molecule has 0 atom stereocenters. The number of ether oxygens (including phenoxy) is 1. The normalized spacial score (nSPS) is 10.5. The Bertz CT molecular complexity index is 555. The van der Waals surface area contributed by atoms with Crippen LogP contribution in [0.2, 0.25) is 0 Å². The molecular weight excluding hydrogens is 306 g/mol. The van der Waals surface area contributed by atoms with Gasteiger partial charge in [-0.1, -0.05) is 39.0 Å². The number of methoxy groups -OCH3 is 1. The molecule has 1 aromatic rings. The highest BCUT2D eigenvalue weighted by molar-refractivity contribution is 5.96. The van der Waals surface area contributed by atoms with E-state index in [1.54, 1.807) is 6.07 Å². The van der Waals surface area contributed by atoms with E-state index in [2.05, 4.69) is 12.2 Å². The molecular formula is C19H29NO4. The molecule has 0 saturated heterocycles.